The van der Waals surface area contributed by atoms with Crippen molar-refractivity contribution in [3.05, 3.63) is 0 Å². The van der Waals surface area contributed by atoms with Crippen LogP contribution < -0.4 is 5.73 Å². The van der Waals surface area contributed by atoms with Gasteiger partial charge < -0.3 is 10.5 Å². The Morgan fingerprint density at radius 2 is 2.00 bits per heavy atom. The van der Waals surface area contributed by atoms with Crippen LogP contribution in [-0.4, -0.2) is 25.4 Å². The first kappa shape index (κ1) is 13.7. The van der Waals surface area contributed by atoms with Gasteiger partial charge in [-0.1, -0.05) is 6.92 Å². The highest BCUT2D eigenvalue weighted by atomic mass is 19.4. The molecule has 5 heteroatoms. The maximum Gasteiger partial charge on any atom is 0.389 e. The van der Waals surface area contributed by atoms with Crippen molar-refractivity contribution in [1.29, 1.82) is 0 Å². The molecular formula is C9H18F3NO. The van der Waals surface area contributed by atoms with Crippen LogP contribution in [0.25, 0.3) is 0 Å². The Labute approximate surface area is 82.6 Å². The Hall–Kier alpha value is -0.290. The Bertz CT molecular complexity index is 139. The molecule has 0 aliphatic carbocycles. The van der Waals surface area contributed by atoms with Crippen molar-refractivity contribution in [2.45, 2.75) is 44.8 Å². The van der Waals surface area contributed by atoms with Crippen LogP contribution in [0, 0.1) is 0 Å². The van der Waals surface area contributed by atoms with Gasteiger partial charge in [-0.25, -0.2) is 0 Å². The highest BCUT2D eigenvalue weighted by molar-refractivity contribution is 4.61. The van der Waals surface area contributed by atoms with Gasteiger partial charge in [-0.15, -0.1) is 0 Å². The molecule has 0 radical (unpaired) electrons. The summed E-state index contributed by atoms with van der Waals surface area (Å²) in [6.07, 6.45) is -3.48. The summed E-state index contributed by atoms with van der Waals surface area (Å²) in [5.74, 6) is 0. The smallest absolute Gasteiger partial charge is 0.380 e. The fourth-order valence-corrected chi connectivity index (χ4v) is 1.03. The standard InChI is InChI=1S/C9H18F3NO/c1-2-6-14-7-8(13)4-3-5-9(10,11)12/h8H,2-7,13H2,1H3. The largest absolute Gasteiger partial charge is 0.389 e. The van der Waals surface area contributed by atoms with Gasteiger partial charge in [0.1, 0.15) is 0 Å². The quantitative estimate of drug-likeness (QED) is 0.659. The molecule has 0 aliphatic rings. The van der Waals surface area contributed by atoms with Crippen LogP contribution in [0.2, 0.25) is 0 Å². The van der Waals surface area contributed by atoms with Crippen LogP contribution >= 0.6 is 0 Å². The second-order valence-corrected chi connectivity index (χ2v) is 3.34. The lowest BCUT2D eigenvalue weighted by Gasteiger charge is -2.12. The van der Waals surface area contributed by atoms with Crippen molar-refractivity contribution < 1.29 is 17.9 Å². The van der Waals surface area contributed by atoms with Crippen LogP contribution in [0.3, 0.4) is 0 Å². The third-order valence-electron chi connectivity index (χ3n) is 1.72. The Morgan fingerprint density at radius 3 is 2.50 bits per heavy atom. The monoisotopic (exact) mass is 213 g/mol. The lowest BCUT2D eigenvalue weighted by molar-refractivity contribution is -0.135. The van der Waals surface area contributed by atoms with Gasteiger partial charge in [-0.3, -0.25) is 0 Å². The van der Waals surface area contributed by atoms with Crippen molar-refractivity contribution in [2.24, 2.45) is 5.73 Å². The number of alkyl halides is 3. The topological polar surface area (TPSA) is 35.2 Å². The van der Waals surface area contributed by atoms with Crippen LogP contribution in [0.1, 0.15) is 32.6 Å². The molecule has 0 aromatic rings. The molecule has 0 saturated carbocycles. The van der Waals surface area contributed by atoms with Crippen LogP contribution in [-0.2, 0) is 4.74 Å². The molecule has 0 heterocycles. The Balaban J connectivity index is 3.31. The van der Waals surface area contributed by atoms with E-state index in [1.807, 2.05) is 6.92 Å². The van der Waals surface area contributed by atoms with E-state index in [1.165, 1.54) is 0 Å². The lowest BCUT2D eigenvalue weighted by Crippen LogP contribution is -2.26. The van der Waals surface area contributed by atoms with Gasteiger partial charge in [0, 0.05) is 19.1 Å². The van der Waals surface area contributed by atoms with Crippen molar-refractivity contribution in [1.82, 2.24) is 0 Å². The summed E-state index contributed by atoms with van der Waals surface area (Å²) >= 11 is 0. The predicted molar refractivity (Wildman–Crippen MR) is 49.0 cm³/mol. The van der Waals surface area contributed by atoms with E-state index in [4.69, 9.17) is 10.5 Å². The molecule has 0 aromatic carbocycles. The summed E-state index contributed by atoms with van der Waals surface area (Å²) in [4.78, 5) is 0. The molecule has 0 fully saturated rings. The highest BCUT2D eigenvalue weighted by Gasteiger charge is 2.26. The summed E-state index contributed by atoms with van der Waals surface area (Å²) in [5.41, 5.74) is 5.55. The summed E-state index contributed by atoms with van der Waals surface area (Å²) in [5, 5.41) is 0. The molecule has 2 nitrogen and oxygen atoms in total. The minimum Gasteiger partial charge on any atom is -0.380 e. The molecular weight excluding hydrogens is 195 g/mol. The zero-order valence-corrected chi connectivity index (χ0v) is 8.44. The second kappa shape index (κ2) is 7.06. The van der Waals surface area contributed by atoms with Gasteiger partial charge in [0.05, 0.1) is 6.61 Å². The molecule has 0 aliphatic heterocycles. The zero-order valence-electron chi connectivity index (χ0n) is 8.44. The minimum atomic E-state index is -4.07. The molecule has 0 aromatic heterocycles. The maximum absolute atomic E-state index is 11.7. The number of hydrogen-bond donors (Lipinski definition) is 1. The fourth-order valence-electron chi connectivity index (χ4n) is 1.03. The summed E-state index contributed by atoms with van der Waals surface area (Å²) in [6, 6.07) is -0.274. The van der Waals surface area contributed by atoms with Crippen LogP contribution in [0.4, 0.5) is 13.2 Å². The Kier molecular flexibility index (Phi) is 6.92. The lowest BCUT2D eigenvalue weighted by atomic mass is 10.1. The SMILES string of the molecule is CCCOCC(N)CCCC(F)(F)F. The molecule has 0 spiro atoms. The first-order valence-electron chi connectivity index (χ1n) is 4.85. The summed E-state index contributed by atoms with van der Waals surface area (Å²) in [6.45, 7) is 2.94. The average Bonchev–Trinajstić information content (AvgIpc) is 2.02. The molecule has 0 amide bonds. The predicted octanol–water partition coefficient (Wildman–Crippen LogP) is 2.47. The third kappa shape index (κ3) is 9.80. The molecule has 0 saturated heterocycles. The zero-order chi connectivity index (χ0) is 11.0. The van der Waals surface area contributed by atoms with E-state index in [1.54, 1.807) is 0 Å². The van der Waals surface area contributed by atoms with Crippen LogP contribution in [0.15, 0.2) is 0 Å². The van der Waals surface area contributed by atoms with E-state index in [-0.39, 0.29) is 12.5 Å². The minimum absolute atomic E-state index is 0.0835. The Morgan fingerprint density at radius 1 is 1.36 bits per heavy atom. The first-order chi connectivity index (χ1) is 6.45. The molecule has 1 unspecified atom stereocenters. The maximum atomic E-state index is 11.7. The molecule has 2 N–H and O–H groups in total. The van der Waals surface area contributed by atoms with Crippen molar-refractivity contribution >= 4 is 0 Å². The average molecular weight is 213 g/mol. The van der Waals surface area contributed by atoms with Crippen LogP contribution in [0.5, 0.6) is 0 Å². The summed E-state index contributed by atoms with van der Waals surface area (Å²) in [7, 11) is 0. The molecule has 14 heavy (non-hydrogen) atoms. The van der Waals surface area contributed by atoms with Gasteiger partial charge in [0.15, 0.2) is 0 Å². The van der Waals surface area contributed by atoms with Gasteiger partial charge in [0.25, 0.3) is 0 Å². The number of hydrogen-bond acceptors (Lipinski definition) is 2. The highest BCUT2D eigenvalue weighted by Crippen LogP contribution is 2.22. The van der Waals surface area contributed by atoms with E-state index in [0.717, 1.165) is 6.42 Å². The number of rotatable bonds is 7. The molecule has 1 atom stereocenters. The van der Waals surface area contributed by atoms with Crippen molar-refractivity contribution in [2.75, 3.05) is 13.2 Å². The number of ether oxygens (including phenoxy) is 1. The fraction of sp³-hybridized carbons (Fsp3) is 1.00. The normalized spacial score (nSPS) is 14.4. The number of halogens is 3. The molecule has 86 valence electrons. The number of nitrogens with two attached hydrogens (primary N) is 1. The van der Waals surface area contributed by atoms with E-state index in [9.17, 15) is 13.2 Å². The second-order valence-electron chi connectivity index (χ2n) is 3.34. The van der Waals surface area contributed by atoms with Gasteiger partial charge in [-0.2, -0.15) is 13.2 Å². The van der Waals surface area contributed by atoms with Gasteiger partial charge in [-0.05, 0) is 19.3 Å². The third-order valence-corrected chi connectivity index (χ3v) is 1.72. The van der Waals surface area contributed by atoms with Crippen molar-refractivity contribution in [3.63, 3.8) is 0 Å². The van der Waals surface area contributed by atoms with E-state index in [2.05, 4.69) is 0 Å². The van der Waals surface area contributed by atoms with E-state index in [0.29, 0.717) is 19.6 Å². The van der Waals surface area contributed by atoms with Gasteiger partial charge >= 0.3 is 6.18 Å². The van der Waals surface area contributed by atoms with E-state index >= 15 is 0 Å². The van der Waals surface area contributed by atoms with Crippen molar-refractivity contribution in [3.8, 4) is 0 Å². The molecule has 0 bridgehead atoms. The van der Waals surface area contributed by atoms with E-state index < -0.39 is 12.6 Å². The first-order valence-corrected chi connectivity index (χ1v) is 4.85. The molecule has 0 rings (SSSR count). The van der Waals surface area contributed by atoms with Gasteiger partial charge in [0.2, 0.25) is 0 Å². The summed E-state index contributed by atoms with van der Waals surface area (Å²) < 4.78 is 40.3.